The minimum atomic E-state index is 0.474. The molecule has 1 unspecified atom stereocenters. The van der Waals surface area contributed by atoms with Crippen molar-refractivity contribution < 1.29 is 9.47 Å². The van der Waals surface area contributed by atoms with Crippen LogP contribution in [0.5, 0.6) is 5.88 Å². The molecule has 1 fully saturated rings. The van der Waals surface area contributed by atoms with Gasteiger partial charge in [-0.1, -0.05) is 36.4 Å². The monoisotopic (exact) mass is 425 g/mol. The lowest BCUT2D eigenvalue weighted by Gasteiger charge is -2.25. The Morgan fingerprint density at radius 1 is 1.16 bits per heavy atom. The standard InChI is InChI=1S/C24H35N5O2/c1-3-25-24(27-17-21-11-7-13-26-23(21)31-16-15-30-2)28-18-22-12-8-14-29(22)19-20-9-5-4-6-10-20/h4-7,9-11,13,22H,3,8,12,14-19H2,1-2H3,(H2,25,27,28). The van der Waals surface area contributed by atoms with Crippen molar-refractivity contribution in [2.75, 3.05) is 40.0 Å². The van der Waals surface area contributed by atoms with E-state index >= 15 is 0 Å². The summed E-state index contributed by atoms with van der Waals surface area (Å²) in [5.74, 6) is 1.43. The molecule has 0 aliphatic carbocycles. The molecule has 0 bridgehead atoms. The third kappa shape index (κ3) is 7.52. The largest absolute Gasteiger partial charge is 0.475 e. The van der Waals surface area contributed by atoms with E-state index in [2.05, 4.69) is 57.8 Å². The van der Waals surface area contributed by atoms with Crippen molar-refractivity contribution in [1.29, 1.82) is 0 Å². The molecule has 0 radical (unpaired) electrons. The van der Waals surface area contributed by atoms with Gasteiger partial charge in [0.15, 0.2) is 5.96 Å². The zero-order valence-corrected chi connectivity index (χ0v) is 18.7. The van der Waals surface area contributed by atoms with Gasteiger partial charge in [-0.25, -0.2) is 9.98 Å². The molecular formula is C24H35N5O2. The number of methoxy groups -OCH3 is 1. The van der Waals surface area contributed by atoms with Gasteiger partial charge in [0, 0.05) is 44.5 Å². The van der Waals surface area contributed by atoms with Gasteiger partial charge in [0.1, 0.15) is 6.61 Å². The maximum Gasteiger partial charge on any atom is 0.218 e. The summed E-state index contributed by atoms with van der Waals surface area (Å²) in [5.41, 5.74) is 2.33. The first-order valence-electron chi connectivity index (χ1n) is 11.2. The molecule has 0 amide bonds. The lowest BCUT2D eigenvalue weighted by molar-refractivity contribution is 0.143. The number of nitrogens with zero attached hydrogens (tertiary/aromatic N) is 3. The van der Waals surface area contributed by atoms with Crippen LogP contribution in [0.15, 0.2) is 53.7 Å². The third-order valence-corrected chi connectivity index (χ3v) is 5.36. The average molecular weight is 426 g/mol. The molecule has 2 aromatic rings. The van der Waals surface area contributed by atoms with E-state index in [9.17, 15) is 0 Å². The predicted octanol–water partition coefficient (Wildman–Crippen LogP) is 2.83. The van der Waals surface area contributed by atoms with E-state index < -0.39 is 0 Å². The Bertz CT molecular complexity index is 800. The number of likely N-dealkylation sites (tertiary alicyclic amines) is 1. The molecule has 1 aliphatic heterocycles. The molecule has 3 rings (SSSR count). The second-order valence-electron chi connectivity index (χ2n) is 7.64. The van der Waals surface area contributed by atoms with Crippen LogP contribution in [0.25, 0.3) is 0 Å². The lowest BCUT2D eigenvalue weighted by Crippen LogP contribution is -2.44. The molecule has 0 saturated carbocycles. The fraction of sp³-hybridized carbons (Fsp3) is 0.500. The Balaban J connectivity index is 1.56. The van der Waals surface area contributed by atoms with Crippen LogP contribution in [0.1, 0.15) is 30.9 Å². The number of guanidine groups is 1. The fourth-order valence-electron chi connectivity index (χ4n) is 3.77. The van der Waals surface area contributed by atoms with E-state index in [0.717, 1.165) is 37.7 Å². The number of benzene rings is 1. The highest BCUT2D eigenvalue weighted by Crippen LogP contribution is 2.19. The number of nitrogens with one attached hydrogen (secondary N) is 2. The summed E-state index contributed by atoms with van der Waals surface area (Å²) in [6.45, 7) is 7.43. The predicted molar refractivity (Wildman–Crippen MR) is 124 cm³/mol. The Hall–Kier alpha value is -2.64. The molecule has 0 spiro atoms. The Morgan fingerprint density at radius 3 is 2.84 bits per heavy atom. The van der Waals surface area contributed by atoms with Crippen LogP contribution in [0.3, 0.4) is 0 Å². The van der Waals surface area contributed by atoms with Gasteiger partial charge in [0.05, 0.1) is 13.2 Å². The summed E-state index contributed by atoms with van der Waals surface area (Å²) in [4.78, 5) is 11.7. The smallest absolute Gasteiger partial charge is 0.218 e. The number of ether oxygens (including phenoxy) is 2. The van der Waals surface area contributed by atoms with E-state index in [1.165, 1.54) is 18.4 Å². The zero-order chi connectivity index (χ0) is 21.7. The maximum atomic E-state index is 5.73. The van der Waals surface area contributed by atoms with Gasteiger partial charge < -0.3 is 20.1 Å². The molecule has 1 aromatic heterocycles. The van der Waals surface area contributed by atoms with Crippen molar-refractivity contribution in [2.45, 2.75) is 38.9 Å². The van der Waals surface area contributed by atoms with Gasteiger partial charge in [0.2, 0.25) is 5.88 Å². The molecule has 7 nitrogen and oxygen atoms in total. The summed E-state index contributed by atoms with van der Waals surface area (Å²) < 4.78 is 10.8. The lowest BCUT2D eigenvalue weighted by atomic mass is 10.2. The molecule has 2 N–H and O–H groups in total. The van der Waals surface area contributed by atoms with Gasteiger partial charge >= 0.3 is 0 Å². The highest BCUT2D eigenvalue weighted by molar-refractivity contribution is 5.79. The van der Waals surface area contributed by atoms with Gasteiger partial charge in [0.25, 0.3) is 0 Å². The number of rotatable bonds is 11. The van der Waals surface area contributed by atoms with E-state index in [-0.39, 0.29) is 0 Å². The highest BCUT2D eigenvalue weighted by Gasteiger charge is 2.24. The van der Waals surface area contributed by atoms with Crippen molar-refractivity contribution in [3.8, 4) is 5.88 Å². The van der Waals surface area contributed by atoms with Crippen molar-refractivity contribution in [2.24, 2.45) is 4.99 Å². The number of pyridine rings is 1. The topological polar surface area (TPSA) is 71.0 Å². The van der Waals surface area contributed by atoms with Gasteiger partial charge in [-0.3, -0.25) is 4.90 Å². The molecule has 1 saturated heterocycles. The van der Waals surface area contributed by atoms with Gasteiger partial charge in [-0.15, -0.1) is 0 Å². The zero-order valence-electron chi connectivity index (χ0n) is 18.7. The molecule has 1 aliphatic rings. The number of hydrogen-bond donors (Lipinski definition) is 2. The number of aliphatic imine (C=N–C) groups is 1. The van der Waals surface area contributed by atoms with Crippen LogP contribution in [-0.2, 0) is 17.8 Å². The summed E-state index contributed by atoms with van der Waals surface area (Å²) in [7, 11) is 1.66. The number of aromatic nitrogens is 1. The van der Waals surface area contributed by atoms with Crippen molar-refractivity contribution in [3.05, 3.63) is 59.8 Å². The Kier molecular flexibility index (Phi) is 9.60. The SMILES string of the molecule is CCNC(=NCc1cccnc1OCCOC)NCC1CCCN1Cc1ccccc1. The second-order valence-corrected chi connectivity index (χ2v) is 7.64. The molecule has 31 heavy (non-hydrogen) atoms. The normalized spacial score (nSPS) is 17.0. The third-order valence-electron chi connectivity index (χ3n) is 5.36. The quantitative estimate of drug-likeness (QED) is 0.328. The van der Waals surface area contributed by atoms with Crippen LogP contribution >= 0.6 is 0 Å². The van der Waals surface area contributed by atoms with Crippen LogP contribution in [-0.4, -0.2) is 61.8 Å². The average Bonchev–Trinajstić information content (AvgIpc) is 3.24. The minimum absolute atomic E-state index is 0.474. The van der Waals surface area contributed by atoms with E-state index in [4.69, 9.17) is 14.5 Å². The Morgan fingerprint density at radius 2 is 2.03 bits per heavy atom. The minimum Gasteiger partial charge on any atom is -0.475 e. The summed E-state index contributed by atoms with van der Waals surface area (Å²) in [5, 5.41) is 6.89. The number of hydrogen-bond acceptors (Lipinski definition) is 5. The van der Waals surface area contributed by atoms with E-state index in [1.807, 2.05) is 12.1 Å². The van der Waals surface area contributed by atoms with Crippen LogP contribution < -0.4 is 15.4 Å². The first-order chi connectivity index (χ1) is 15.3. The Labute approximate surface area is 185 Å². The van der Waals surface area contributed by atoms with Crippen molar-refractivity contribution >= 4 is 5.96 Å². The fourth-order valence-corrected chi connectivity index (χ4v) is 3.77. The maximum absolute atomic E-state index is 5.73. The van der Waals surface area contributed by atoms with Crippen LogP contribution in [0.4, 0.5) is 0 Å². The highest BCUT2D eigenvalue weighted by atomic mass is 16.5. The van der Waals surface area contributed by atoms with E-state index in [0.29, 0.717) is 31.7 Å². The molecule has 1 atom stereocenters. The molecule has 2 heterocycles. The molecular weight excluding hydrogens is 390 g/mol. The summed E-state index contributed by atoms with van der Waals surface area (Å²) >= 11 is 0. The van der Waals surface area contributed by atoms with Gasteiger partial charge in [-0.2, -0.15) is 0 Å². The van der Waals surface area contributed by atoms with Crippen molar-refractivity contribution in [3.63, 3.8) is 0 Å². The molecule has 1 aromatic carbocycles. The van der Waals surface area contributed by atoms with Crippen LogP contribution in [0, 0.1) is 0 Å². The van der Waals surface area contributed by atoms with E-state index in [1.54, 1.807) is 13.3 Å². The summed E-state index contributed by atoms with van der Waals surface area (Å²) in [6, 6.07) is 15.1. The summed E-state index contributed by atoms with van der Waals surface area (Å²) in [6.07, 6.45) is 4.18. The molecule has 7 heteroatoms. The van der Waals surface area contributed by atoms with Crippen LogP contribution in [0.2, 0.25) is 0 Å². The first-order valence-corrected chi connectivity index (χ1v) is 11.2. The first kappa shape index (κ1) is 23.0. The molecule has 168 valence electrons. The van der Waals surface area contributed by atoms with Gasteiger partial charge in [-0.05, 0) is 37.9 Å². The van der Waals surface area contributed by atoms with Crippen molar-refractivity contribution in [1.82, 2.24) is 20.5 Å². The second kappa shape index (κ2) is 12.9.